The zero-order chi connectivity index (χ0) is 22.9. The van der Waals surface area contributed by atoms with Gasteiger partial charge < -0.3 is 24.0 Å². The lowest BCUT2D eigenvalue weighted by Gasteiger charge is -2.33. The van der Waals surface area contributed by atoms with E-state index in [0.717, 1.165) is 59.3 Å². The van der Waals surface area contributed by atoms with Crippen LogP contribution >= 0.6 is 0 Å². The fourth-order valence-corrected chi connectivity index (χ4v) is 4.70. The van der Waals surface area contributed by atoms with Crippen LogP contribution in [0.5, 0.6) is 23.0 Å². The Morgan fingerprint density at radius 3 is 2.12 bits per heavy atom. The zero-order valence-corrected chi connectivity index (χ0v) is 19.3. The molecule has 5 heteroatoms. The number of hydrogen-bond donors (Lipinski definition) is 0. The second kappa shape index (κ2) is 8.82. The van der Waals surface area contributed by atoms with Gasteiger partial charge in [0.15, 0.2) is 13.5 Å². The van der Waals surface area contributed by atoms with Crippen LogP contribution < -0.4 is 19.1 Å². The lowest BCUT2D eigenvalue weighted by molar-refractivity contribution is 0.130. The molecule has 2 aliphatic heterocycles. The summed E-state index contributed by atoms with van der Waals surface area (Å²) >= 11 is 0. The molecular formula is C29H28N2O3. The lowest BCUT2D eigenvalue weighted by atomic mass is 10.0. The second-order valence-corrected chi connectivity index (χ2v) is 9.13. The van der Waals surface area contributed by atoms with E-state index in [9.17, 15) is 0 Å². The summed E-state index contributed by atoms with van der Waals surface area (Å²) < 4.78 is 18.3. The predicted molar refractivity (Wildman–Crippen MR) is 133 cm³/mol. The van der Waals surface area contributed by atoms with Crippen molar-refractivity contribution in [1.29, 1.82) is 0 Å². The van der Waals surface area contributed by atoms with E-state index in [1.807, 2.05) is 42.5 Å². The van der Waals surface area contributed by atoms with Crippen LogP contribution in [0.2, 0.25) is 0 Å². The molecule has 34 heavy (non-hydrogen) atoms. The highest BCUT2D eigenvalue weighted by molar-refractivity contribution is 5.52. The third-order valence-electron chi connectivity index (χ3n) is 6.51. The van der Waals surface area contributed by atoms with Gasteiger partial charge in [-0.25, -0.2) is 0 Å². The second-order valence-electron chi connectivity index (χ2n) is 9.13. The molecule has 6 rings (SSSR count). The van der Waals surface area contributed by atoms with Gasteiger partial charge in [0.2, 0.25) is 0 Å². The van der Waals surface area contributed by atoms with Crippen LogP contribution in [0.4, 0.5) is 5.69 Å². The summed E-state index contributed by atoms with van der Waals surface area (Å²) in [5.41, 5.74) is 4.63. The third kappa shape index (κ3) is 4.21. The number of hydrogen-bond acceptors (Lipinski definition) is 5. The average Bonchev–Trinajstić information content (AvgIpc) is 2.88. The van der Waals surface area contributed by atoms with Crippen molar-refractivity contribution in [2.75, 3.05) is 18.4 Å². The highest BCUT2D eigenvalue weighted by atomic mass is 16.5. The van der Waals surface area contributed by atoms with Crippen molar-refractivity contribution in [3.63, 3.8) is 0 Å². The molecule has 3 aromatic carbocycles. The predicted octanol–water partition coefficient (Wildman–Crippen LogP) is 6.47. The number of nitrogens with zero attached hydrogens (tertiary/aromatic N) is 2. The third-order valence-corrected chi connectivity index (χ3v) is 6.51. The highest BCUT2D eigenvalue weighted by Crippen LogP contribution is 2.36. The minimum atomic E-state index is 0.545. The summed E-state index contributed by atoms with van der Waals surface area (Å²) in [7, 11) is 0. The molecule has 0 saturated carbocycles. The summed E-state index contributed by atoms with van der Waals surface area (Å²) in [6, 6.07) is 22.4. The molecule has 3 aliphatic rings. The van der Waals surface area contributed by atoms with Gasteiger partial charge >= 0.3 is 0 Å². The van der Waals surface area contributed by atoms with Gasteiger partial charge in [-0.3, -0.25) is 0 Å². The largest absolute Gasteiger partial charge is 0.473 e. The number of benzene rings is 3. The molecule has 0 fully saturated rings. The average molecular weight is 453 g/mol. The SMILES string of the molecule is CC1C=C(N2COc3ccc(Oc4ccc5c(c4)CN(c4ccccc4)CO5)cc3C2)C=CC1. The van der Waals surface area contributed by atoms with Crippen molar-refractivity contribution >= 4 is 5.69 Å². The maximum absolute atomic E-state index is 6.27. The molecular weight excluding hydrogens is 424 g/mol. The Morgan fingerprint density at radius 1 is 0.794 bits per heavy atom. The summed E-state index contributed by atoms with van der Waals surface area (Å²) in [5.74, 6) is 4.01. The fraction of sp³-hybridized carbons (Fsp3) is 0.241. The van der Waals surface area contributed by atoms with Crippen molar-refractivity contribution in [2.24, 2.45) is 5.92 Å². The number of ether oxygens (including phenoxy) is 3. The van der Waals surface area contributed by atoms with Crippen molar-refractivity contribution in [2.45, 2.75) is 26.4 Å². The van der Waals surface area contributed by atoms with Crippen LogP contribution in [0.1, 0.15) is 24.5 Å². The molecule has 0 aromatic heterocycles. The molecule has 5 nitrogen and oxygen atoms in total. The molecule has 172 valence electrons. The molecule has 3 aromatic rings. The van der Waals surface area contributed by atoms with Crippen LogP contribution in [0, 0.1) is 5.92 Å². The summed E-state index contributed by atoms with van der Waals surface area (Å²) in [6.45, 7) is 4.95. The monoisotopic (exact) mass is 452 g/mol. The first-order valence-corrected chi connectivity index (χ1v) is 11.8. The Morgan fingerprint density at radius 2 is 1.44 bits per heavy atom. The van der Waals surface area contributed by atoms with Gasteiger partial charge in [0.25, 0.3) is 0 Å². The first kappa shape index (κ1) is 20.7. The van der Waals surface area contributed by atoms with E-state index in [2.05, 4.69) is 59.2 Å². The molecule has 1 unspecified atom stereocenters. The minimum absolute atomic E-state index is 0.545. The highest BCUT2D eigenvalue weighted by Gasteiger charge is 2.21. The number of anilines is 1. The maximum Gasteiger partial charge on any atom is 0.161 e. The fourth-order valence-electron chi connectivity index (χ4n) is 4.70. The summed E-state index contributed by atoms with van der Waals surface area (Å²) in [5, 5.41) is 0. The van der Waals surface area contributed by atoms with Gasteiger partial charge in [-0.2, -0.15) is 0 Å². The van der Waals surface area contributed by atoms with Crippen LogP contribution in [0.3, 0.4) is 0 Å². The smallest absolute Gasteiger partial charge is 0.161 e. The van der Waals surface area contributed by atoms with Gasteiger partial charge in [0.05, 0.1) is 0 Å². The molecule has 0 N–H and O–H groups in total. The van der Waals surface area contributed by atoms with E-state index in [0.29, 0.717) is 19.4 Å². The van der Waals surface area contributed by atoms with E-state index in [1.54, 1.807) is 0 Å². The van der Waals surface area contributed by atoms with Crippen LogP contribution in [0.15, 0.2) is 90.7 Å². The number of fused-ring (bicyclic) bond motifs is 2. The first-order chi connectivity index (χ1) is 16.7. The summed E-state index contributed by atoms with van der Waals surface area (Å²) in [6.07, 6.45) is 7.86. The summed E-state index contributed by atoms with van der Waals surface area (Å²) in [4.78, 5) is 4.48. The molecule has 0 saturated heterocycles. The Balaban J connectivity index is 1.19. The van der Waals surface area contributed by atoms with Gasteiger partial charge in [-0.15, -0.1) is 0 Å². The molecule has 1 aliphatic carbocycles. The van der Waals surface area contributed by atoms with E-state index in [-0.39, 0.29) is 0 Å². The molecule has 1 atom stereocenters. The van der Waals surface area contributed by atoms with Crippen LogP contribution in [-0.4, -0.2) is 18.4 Å². The van der Waals surface area contributed by atoms with Crippen molar-refractivity contribution in [1.82, 2.24) is 4.90 Å². The Bertz CT molecular complexity index is 1250. The number of para-hydroxylation sites is 1. The maximum atomic E-state index is 6.27. The van der Waals surface area contributed by atoms with E-state index < -0.39 is 0 Å². The first-order valence-electron chi connectivity index (χ1n) is 11.8. The Kier molecular flexibility index (Phi) is 5.38. The number of rotatable bonds is 4. The zero-order valence-electron chi connectivity index (χ0n) is 19.3. The molecule has 0 spiro atoms. The van der Waals surface area contributed by atoms with Crippen molar-refractivity contribution < 1.29 is 14.2 Å². The minimum Gasteiger partial charge on any atom is -0.473 e. The van der Waals surface area contributed by atoms with Gasteiger partial charge in [0, 0.05) is 35.6 Å². The van der Waals surface area contributed by atoms with E-state index >= 15 is 0 Å². The van der Waals surface area contributed by atoms with Crippen LogP contribution in [-0.2, 0) is 13.1 Å². The molecule has 2 heterocycles. The van der Waals surface area contributed by atoms with E-state index in [1.165, 1.54) is 5.70 Å². The lowest BCUT2D eigenvalue weighted by Crippen LogP contribution is -2.31. The quantitative estimate of drug-likeness (QED) is 0.453. The van der Waals surface area contributed by atoms with Gasteiger partial charge in [-0.05, 0) is 66.9 Å². The van der Waals surface area contributed by atoms with Gasteiger partial charge in [-0.1, -0.05) is 37.3 Å². The Labute approximate surface area is 200 Å². The van der Waals surface area contributed by atoms with Crippen molar-refractivity contribution in [3.8, 4) is 23.0 Å². The normalized spacial score (nSPS) is 18.9. The Hall–Kier alpha value is -3.86. The number of allylic oxidation sites excluding steroid dienone is 3. The van der Waals surface area contributed by atoms with Gasteiger partial charge in [0.1, 0.15) is 23.0 Å². The molecule has 0 bridgehead atoms. The standard InChI is InChI=1S/C29H28N2O3/c1-21-6-5-9-25(14-21)31-18-23-16-27(11-13-29(23)33-20-31)34-26-10-12-28-22(15-26)17-30(19-32-28)24-7-3-2-4-8-24/h2-5,7-16,21H,6,17-20H2,1H3. The van der Waals surface area contributed by atoms with Crippen LogP contribution in [0.25, 0.3) is 0 Å². The van der Waals surface area contributed by atoms with Crippen molar-refractivity contribution in [3.05, 3.63) is 102 Å². The topological polar surface area (TPSA) is 34.2 Å². The molecule has 0 amide bonds. The van der Waals surface area contributed by atoms with E-state index in [4.69, 9.17) is 14.2 Å². The molecule has 0 radical (unpaired) electrons.